The van der Waals surface area contributed by atoms with Crippen LogP contribution in [0.2, 0.25) is 0 Å². The highest BCUT2D eigenvalue weighted by molar-refractivity contribution is 7.97. The van der Waals surface area contributed by atoms with Crippen molar-refractivity contribution in [3.63, 3.8) is 0 Å². The van der Waals surface area contributed by atoms with Crippen molar-refractivity contribution in [3.8, 4) is 0 Å². The van der Waals surface area contributed by atoms with Crippen LogP contribution in [0.25, 0.3) is 0 Å². The highest BCUT2D eigenvalue weighted by atomic mass is 32.2. The predicted molar refractivity (Wildman–Crippen MR) is 45.5 cm³/mol. The van der Waals surface area contributed by atoms with Crippen LogP contribution < -0.4 is 0 Å². The highest BCUT2D eigenvalue weighted by Crippen LogP contribution is 2.17. The van der Waals surface area contributed by atoms with Gasteiger partial charge in [0.1, 0.15) is 6.54 Å². The molecule has 0 bridgehead atoms. The molecule has 0 unspecified atom stereocenters. The average molecular weight is 175 g/mol. The second-order valence-electron chi connectivity index (χ2n) is 2.65. The first-order valence-corrected chi connectivity index (χ1v) is 4.83. The first-order chi connectivity index (χ1) is 5.29. The summed E-state index contributed by atoms with van der Waals surface area (Å²) in [6.45, 7) is 1.11. The topological polar surface area (TPSA) is 40.5 Å². The Kier molecular flexibility index (Phi) is 3.72. The van der Waals surface area contributed by atoms with Crippen LogP contribution >= 0.6 is 11.9 Å². The van der Waals surface area contributed by atoms with E-state index in [9.17, 15) is 4.79 Å². The maximum absolute atomic E-state index is 10.3. The maximum atomic E-state index is 10.3. The van der Waals surface area contributed by atoms with Crippen molar-refractivity contribution < 1.29 is 9.90 Å². The zero-order valence-corrected chi connectivity index (χ0v) is 7.27. The molecule has 0 amide bonds. The zero-order chi connectivity index (χ0) is 8.10. The van der Waals surface area contributed by atoms with Crippen LogP contribution in [0.15, 0.2) is 0 Å². The summed E-state index contributed by atoms with van der Waals surface area (Å²) in [7, 11) is 0. The number of carboxylic acids is 1. The molecular formula is C7H13NO2S. The van der Waals surface area contributed by atoms with Crippen LogP contribution in [-0.4, -0.2) is 34.2 Å². The lowest BCUT2D eigenvalue weighted by atomic mass is 10.2. The van der Waals surface area contributed by atoms with E-state index in [0.717, 1.165) is 18.7 Å². The molecule has 0 spiro atoms. The third-order valence-electron chi connectivity index (χ3n) is 1.64. The van der Waals surface area contributed by atoms with Crippen molar-refractivity contribution in [1.29, 1.82) is 0 Å². The van der Waals surface area contributed by atoms with E-state index in [1.54, 1.807) is 11.9 Å². The molecule has 11 heavy (non-hydrogen) atoms. The first kappa shape index (κ1) is 8.87. The highest BCUT2D eigenvalue weighted by Gasteiger charge is 2.11. The minimum Gasteiger partial charge on any atom is -0.480 e. The van der Waals surface area contributed by atoms with Crippen molar-refractivity contribution in [2.75, 3.05) is 18.8 Å². The van der Waals surface area contributed by atoms with E-state index < -0.39 is 5.97 Å². The van der Waals surface area contributed by atoms with Gasteiger partial charge in [-0.15, -0.1) is 0 Å². The van der Waals surface area contributed by atoms with Gasteiger partial charge in [-0.2, -0.15) is 0 Å². The molecule has 64 valence electrons. The Labute approximate surface area is 70.9 Å². The Morgan fingerprint density at radius 2 is 2.27 bits per heavy atom. The second-order valence-corrected chi connectivity index (χ2v) is 3.83. The van der Waals surface area contributed by atoms with Gasteiger partial charge in [0, 0.05) is 12.3 Å². The van der Waals surface area contributed by atoms with Crippen LogP contribution in [-0.2, 0) is 4.79 Å². The van der Waals surface area contributed by atoms with Gasteiger partial charge in [-0.1, -0.05) is 18.4 Å². The Balaban J connectivity index is 2.25. The number of nitrogens with zero attached hydrogens (tertiary/aromatic N) is 1. The van der Waals surface area contributed by atoms with Gasteiger partial charge in [0.05, 0.1) is 0 Å². The number of carbonyl (C=O) groups is 1. The fourth-order valence-corrected chi connectivity index (χ4v) is 2.15. The molecule has 0 saturated carbocycles. The van der Waals surface area contributed by atoms with E-state index in [1.165, 1.54) is 12.8 Å². The Morgan fingerprint density at radius 3 is 3.00 bits per heavy atom. The van der Waals surface area contributed by atoms with Gasteiger partial charge >= 0.3 is 5.97 Å². The molecule has 1 aliphatic rings. The molecule has 0 radical (unpaired) electrons. The fourth-order valence-electron chi connectivity index (χ4n) is 1.10. The first-order valence-electron chi connectivity index (χ1n) is 3.88. The molecule has 0 aromatic rings. The molecule has 1 N–H and O–H groups in total. The van der Waals surface area contributed by atoms with Gasteiger partial charge in [-0.05, 0) is 12.8 Å². The molecule has 1 aliphatic heterocycles. The summed E-state index contributed by atoms with van der Waals surface area (Å²) in [5.41, 5.74) is 0. The van der Waals surface area contributed by atoms with Gasteiger partial charge in [0.25, 0.3) is 0 Å². The summed E-state index contributed by atoms with van der Waals surface area (Å²) in [6, 6.07) is 0. The van der Waals surface area contributed by atoms with Crippen LogP contribution in [0.5, 0.6) is 0 Å². The quantitative estimate of drug-likeness (QED) is 0.640. The van der Waals surface area contributed by atoms with Gasteiger partial charge in [-0.3, -0.25) is 4.79 Å². The van der Waals surface area contributed by atoms with E-state index >= 15 is 0 Å². The largest absolute Gasteiger partial charge is 0.480 e. The summed E-state index contributed by atoms with van der Waals surface area (Å²) < 4.78 is 1.94. The van der Waals surface area contributed by atoms with Crippen LogP contribution in [0.3, 0.4) is 0 Å². The second kappa shape index (κ2) is 4.62. The Hall–Kier alpha value is -0.220. The summed E-state index contributed by atoms with van der Waals surface area (Å²) in [5, 5.41) is 8.50. The summed E-state index contributed by atoms with van der Waals surface area (Å²) in [4.78, 5) is 10.3. The van der Waals surface area contributed by atoms with E-state index in [1.807, 2.05) is 4.31 Å². The average Bonchev–Trinajstić information content (AvgIpc) is 2.14. The molecule has 0 aromatic heterocycles. The van der Waals surface area contributed by atoms with Crippen molar-refractivity contribution >= 4 is 17.9 Å². The third kappa shape index (κ3) is 3.62. The summed E-state index contributed by atoms with van der Waals surface area (Å²) in [6.07, 6.45) is 3.60. The minimum atomic E-state index is -0.723. The predicted octanol–water partition coefficient (Wildman–Crippen LogP) is 1.21. The molecule has 1 saturated heterocycles. The zero-order valence-electron chi connectivity index (χ0n) is 6.45. The van der Waals surface area contributed by atoms with Gasteiger partial charge in [-0.25, -0.2) is 4.31 Å². The number of hydrogen-bond donors (Lipinski definition) is 1. The van der Waals surface area contributed by atoms with Gasteiger partial charge < -0.3 is 5.11 Å². The van der Waals surface area contributed by atoms with Crippen LogP contribution in [0, 0.1) is 0 Å². The Bertz CT molecular complexity index is 132. The fraction of sp³-hybridized carbons (Fsp3) is 0.857. The smallest absolute Gasteiger partial charge is 0.318 e. The lowest BCUT2D eigenvalue weighted by Gasteiger charge is -2.14. The van der Waals surface area contributed by atoms with Gasteiger partial charge in [0.2, 0.25) is 0 Å². The Morgan fingerprint density at radius 1 is 1.45 bits per heavy atom. The lowest BCUT2D eigenvalue weighted by molar-refractivity contribution is -0.137. The molecule has 0 atom stereocenters. The molecule has 3 nitrogen and oxygen atoms in total. The molecule has 1 rings (SSSR count). The number of aliphatic carboxylic acids is 1. The van der Waals surface area contributed by atoms with Crippen molar-refractivity contribution in [2.24, 2.45) is 0 Å². The van der Waals surface area contributed by atoms with Crippen LogP contribution in [0.1, 0.15) is 19.3 Å². The molecule has 1 heterocycles. The summed E-state index contributed by atoms with van der Waals surface area (Å²) in [5.74, 6) is 0.354. The molecular weight excluding hydrogens is 162 g/mol. The van der Waals surface area contributed by atoms with Crippen molar-refractivity contribution in [2.45, 2.75) is 19.3 Å². The SMILES string of the molecule is O=C(O)CN1CCCCCS1. The standard InChI is InChI=1S/C7H13NO2S/c9-7(10)6-8-4-2-1-3-5-11-8/h1-6H2,(H,9,10). The molecule has 1 fully saturated rings. The number of hydrogen-bond acceptors (Lipinski definition) is 3. The molecule has 0 aliphatic carbocycles. The monoisotopic (exact) mass is 175 g/mol. The minimum absolute atomic E-state index is 0.185. The van der Waals surface area contributed by atoms with Crippen molar-refractivity contribution in [3.05, 3.63) is 0 Å². The molecule has 0 aromatic carbocycles. The lowest BCUT2D eigenvalue weighted by Crippen LogP contribution is -2.23. The van der Waals surface area contributed by atoms with Gasteiger partial charge in [0.15, 0.2) is 0 Å². The van der Waals surface area contributed by atoms with Crippen LogP contribution in [0.4, 0.5) is 0 Å². The number of carboxylic acid groups (broad SMARTS) is 1. The van der Waals surface area contributed by atoms with Crippen molar-refractivity contribution in [1.82, 2.24) is 4.31 Å². The summed E-state index contributed by atoms with van der Waals surface area (Å²) >= 11 is 1.66. The maximum Gasteiger partial charge on any atom is 0.318 e. The number of rotatable bonds is 2. The van der Waals surface area contributed by atoms with E-state index in [2.05, 4.69) is 0 Å². The van der Waals surface area contributed by atoms with E-state index in [-0.39, 0.29) is 6.54 Å². The van der Waals surface area contributed by atoms with E-state index in [4.69, 9.17) is 5.11 Å². The van der Waals surface area contributed by atoms with E-state index in [0.29, 0.717) is 0 Å². The normalized spacial score (nSPS) is 21.1. The third-order valence-corrected chi connectivity index (χ3v) is 2.79. The molecule has 4 heteroatoms.